The van der Waals surface area contributed by atoms with Gasteiger partial charge in [0, 0.05) is 5.57 Å². The molecular formula is C13H14F2O2. The smallest absolute Gasteiger partial charge is 0.278 e. The average Bonchev–Trinajstić information content (AvgIpc) is 2.80. The molecule has 1 aliphatic rings. The monoisotopic (exact) mass is 240 g/mol. The third-order valence-corrected chi connectivity index (χ3v) is 2.92. The SMILES string of the molecule is C=C1C(COCc2ccc(OC)cc2)C1(F)F. The van der Waals surface area contributed by atoms with Crippen molar-refractivity contribution in [3.05, 3.63) is 42.0 Å². The lowest BCUT2D eigenvalue weighted by Crippen LogP contribution is -2.03. The van der Waals surface area contributed by atoms with Gasteiger partial charge >= 0.3 is 0 Å². The number of hydrogen-bond acceptors (Lipinski definition) is 2. The van der Waals surface area contributed by atoms with E-state index >= 15 is 0 Å². The minimum Gasteiger partial charge on any atom is -0.497 e. The third-order valence-electron chi connectivity index (χ3n) is 2.92. The fourth-order valence-electron chi connectivity index (χ4n) is 1.61. The number of methoxy groups -OCH3 is 1. The fourth-order valence-corrected chi connectivity index (χ4v) is 1.61. The van der Waals surface area contributed by atoms with Crippen LogP contribution in [0.1, 0.15) is 5.56 Å². The van der Waals surface area contributed by atoms with Gasteiger partial charge < -0.3 is 9.47 Å². The number of alkyl halides is 2. The van der Waals surface area contributed by atoms with Crippen LogP contribution in [0.3, 0.4) is 0 Å². The number of ether oxygens (including phenoxy) is 2. The van der Waals surface area contributed by atoms with Crippen LogP contribution in [0.25, 0.3) is 0 Å². The number of benzene rings is 1. The van der Waals surface area contributed by atoms with Gasteiger partial charge in [-0.2, -0.15) is 0 Å². The summed E-state index contributed by atoms with van der Waals surface area (Å²) < 4.78 is 35.9. The molecule has 1 unspecified atom stereocenters. The third kappa shape index (κ3) is 2.47. The molecule has 2 rings (SSSR count). The molecule has 0 aliphatic heterocycles. The van der Waals surface area contributed by atoms with Gasteiger partial charge in [-0.3, -0.25) is 0 Å². The van der Waals surface area contributed by atoms with Gasteiger partial charge in [-0.05, 0) is 17.7 Å². The van der Waals surface area contributed by atoms with Crippen LogP contribution in [0, 0.1) is 5.92 Å². The zero-order chi connectivity index (χ0) is 12.5. The van der Waals surface area contributed by atoms with Crippen LogP contribution in [0.2, 0.25) is 0 Å². The minimum atomic E-state index is -2.72. The van der Waals surface area contributed by atoms with E-state index in [1.165, 1.54) is 0 Å². The predicted octanol–water partition coefficient (Wildman–Crippen LogP) is 3.03. The standard InChI is InChI=1S/C13H14F2O2/c1-9-12(13(9,14)15)8-17-7-10-3-5-11(16-2)6-4-10/h3-6,12H,1,7-8H2,2H3. The van der Waals surface area contributed by atoms with Crippen molar-refractivity contribution in [1.82, 2.24) is 0 Å². The van der Waals surface area contributed by atoms with Gasteiger partial charge in [0.05, 0.1) is 26.2 Å². The first-order valence-electron chi connectivity index (χ1n) is 5.33. The zero-order valence-electron chi connectivity index (χ0n) is 9.58. The quantitative estimate of drug-likeness (QED) is 0.736. The average molecular weight is 240 g/mol. The van der Waals surface area contributed by atoms with Crippen LogP contribution in [0.15, 0.2) is 36.4 Å². The second-order valence-corrected chi connectivity index (χ2v) is 4.06. The summed E-state index contributed by atoms with van der Waals surface area (Å²) in [5.74, 6) is -2.77. The number of halogens is 2. The molecule has 17 heavy (non-hydrogen) atoms. The van der Waals surface area contributed by atoms with Crippen LogP contribution in [0.5, 0.6) is 5.75 Å². The van der Waals surface area contributed by atoms with Crippen molar-refractivity contribution in [2.75, 3.05) is 13.7 Å². The molecule has 1 aromatic rings. The molecule has 0 aromatic heterocycles. The van der Waals surface area contributed by atoms with Gasteiger partial charge in [-0.25, -0.2) is 8.78 Å². The molecule has 1 aromatic carbocycles. The normalized spacial score (nSPS) is 21.4. The van der Waals surface area contributed by atoms with E-state index in [0.29, 0.717) is 6.61 Å². The molecule has 0 amide bonds. The molecule has 0 radical (unpaired) electrons. The van der Waals surface area contributed by atoms with Crippen molar-refractivity contribution in [1.29, 1.82) is 0 Å². The van der Waals surface area contributed by atoms with E-state index in [9.17, 15) is 8.78 Å². The molecule has 0 heterocycles. The molecule has 92 valence electrons. The highest BCUT2D eigenvalue weighted by molar-refractivity contribution is 5.34. The van der Waals surface area contributed by atoms with Crippen molar-refractivity contribution < 1.29 is 18.3 Å². The van der Waals surface area contributed by atoms with Crippen molar-refractivity contribution >= 4 is 0 Å². The maximum absolute atomic E-state index is 12.8. The van der Waals surface area contributed by atoms with Gasteiger partial charge in [0.25, 0.3) is 5.92 Å². The second kappa shape index (κ2) is 4.45. The maximum Gasteiger partial charge on any atom is 0.278 e. The van der Waals surface area contributed by atoms with Crippen LogP contribution in [-0.2, 0) is 11.3 Å². The highest BCUT2D eigenvalue weighted by Crippen LogP contribution is 2.53. The van der Waals surface area contributed by atoms with Crippen LogP contribution >= 0.6 is 0 Å². The molecular weight excluding hydrogens is 226 g/mol. The summed E-state index contributed by atoms with van der Waals surface area (Å²) >= 11 is 0. The topological polar surface area (TPSA) is 18.5 Å². The van der Waals surface area contributed by atoms with Crippen molar-refractivity contribution in [3.8, 4) is 5.75 Å². The van der Waals surface area contributed by atoms with Gasteiger partial charge in [0.2, 0.25) is 0 Å². The van der Waals surface area contributed by atoms with Gasteiger partial charge in [0.15, 0.2) is 0 Å². The lowest BCUT2D eigenvalue weighted by molar-refractivity contribution is 0.0508. The lowest BCUT2D eigenvalue weighted by Gasteiger charge is -2.04. The largest absolute Gasteiger partial charge is 0.497 e. The molecule has 4 heteroatoms. The summed E-state index contributed by atoms with van der Waals surface area (Å²) in [7, 11) is 1.59. The Bertz CT molecular complexity index is 412. The Kier molecular flexibility index (Phi) is 3.15. The Balaban J connectivity index is 1.77. The molecule has 1 fully saturated rings. The molecule has 0 saturated heterocycles. The molecule has 2 nitrogen and oxygen atoms in total. The van der Waals surface area contributed by atoms with E-state index in [1.54, 1.807) is 7.11 Å². The van der Waals surface area contributed by atoms with Crippen molar-refractivity contribution in [2.24, 2.45) is 5.92 Å². The van der Waals surface area contributed by atoms with E-state index in [-0.39, 0.29) is 12.2 Å². The van der Waals surface area contributed by atoms with E-state index in [0.717, 1.165) is 11.3 Å². The lowest BCUT2D eigenvalue weighted by atomic mass is 10.2. The second-order valence-electron chi connectivity index (χ2n) is 4.06. The predicted molar refractivity (Wildman–Crippen MR) is 60.2 cm³/mol. The first-order chi connectivity index (χ1) is 8.05. The Labute approximate surface area is 98.8 Å². The van der Waals surface area contributed by atoms with E-state index in [4.69, 9.17) is 9.47 Å². The molecule has 1 aliphatic carbocycles. The van der Waals surface area contributed by atoms with Crippen LogP contribution in [-0.4, -0.2) is 19.6 Å². The first-order valence-corrected chi connectivity index (χ1v) is 5.33. The van der Waals surface area contributed by atoms with Crippen molar-refractivity contribution in [2.45, 2.75) is 12.5 Å². The highest BCUT2D eigenvalue weighted by atomic mass is 19.3. The minimum absolute atomic E-state index is 0.0211. The highest BCUT2D eigenvalue weighted by Gasteiger charge is 2.61. The molecule has 1 saturated carbocycles. The van der Waals surface area contributed by atoms with Crippen LogP contribution in [0.4, 0.5) is 8.78 Å². The summed E-state index contributed by atoms with van der Waals surface area (Å²) in [4.78, 5) is 0. The Hall–Kier alpha value is -1.42. The zero-order valence-corrected chi connectivity index (χ0v) is 9.58. The maximum atomic E-state index is 12.8. The molecule has 0 spiro atoms. The summed E-state index contributed by atoms with van der Waals surface area (Å²) in [5, 5.41) is 0. The summed E-state index contributed by atoms with van der Waals surface area (Å²) in [5.41, 5.74) is 0.910. The Morgan fingerprint density at radius 1 is 1.29 bits per heavy atom. The summed E-state index contributed by atoms with van der Waals surface area (Å²) in [6.45, 7) is 3.65. The van der Waals surface area contributed by atoms with Gasteiger partial charge in [0.1, 0.15) is 5.75 Å². The number of hydrogen-bond donors (Lipinski definition) is 0. The van der Waals surface area contributed by atoms with E-state index in [2.05, 4.69) is 6.58 Å². The van der Waals surface area contributed by atoms with Crippen LogP contribution < -0.4 is 4.74 Å². The molecule has 0 N–H and O–H groups in total. The summed E-state index contributed by atoms with van der Waals surface area (Å²) in [6, 6.07) is 7.31. The van der Waals surface area contributed by atoms with Gasteiger partial charge in [-0.1, -0.05) is 18.7 Å². The fraction of sp³-hybridized carbons (Fsp3) is 0.385. The Morgan fingerprint density at radius 3 is 2.35 bits per heavy atom. The van der Waals surface area contributed by atoms with Crippen molar-refractivity contribution in [3.63, 3.8) is 0 Å². The molecule has 0 bridgehead atoms. The van der Waals surface area contributed by atoms with Gasteiger partial charge in [-0.15, -0.1) is 0 Å². The first kappa shape index (κ1) is 12.0. The molecule has 1 atom stereocenters. The number of rotatable bonds is 5. The van der Waals surface area contributed by atoms with E-state index < -0.39 is 11.8 Å². The summed E-state index contributed by atoms with van der Waals surface area (Å²) in [6.07, 6.45) is 0. The Morgan fingerprint density at radius 2 is 1.88 bits per heavy atom. The van der Waals surface area contributed by atoms with E-state index in [1.807, 2.05) is 24.3 Å².